The van der Waals surface area contributed by atoms with Crippen molar-refractivity contribution < 1.29 is 10.2 Å². The van der Waals surface area contributed by atoms with E-state index < -0.39 is 0 Å². The third-order valence-electron chi connectivity index (χ3n) is 3.53. The average molecular weight is 270 g/mol. The molecule has 0 fully saturated rings. The number of aromatic hydroxyl groups is 2. The van der Waals surface area contributed by atoms with Gasteiger partial charge in [-0.15, -0.1) is 0 Å². The van der Waals surface area contributed by atoms with Gasteiger partial charge in [0.15, 0.2) is 0 Å². The molecule has 2 nitrogen and oxygen atoms in total. The smallest absolute Gasteiger partial charge is 0.115 e. The van der Waals surface area contributed by atoms with Crippen LogP contribution in [0.2, 0.25) is 0 Å². The Morgan fingerprint density at radius 3 is 1.90 bits per heavy atom. The van der Waals surface area contributed by atoms with E-state index in [1.807, 2.05) is 24.3 Å². The zero-order valence-electron chi connectivity index (χ0n) is 11.8. The number of benzene rings is 2. The van der Waals surface area contributed by atoms with Gasteiger partial charge in [0.1, 0.15) is 11.5 Å². The molecule has 20 heavy (non-hydrogen) atoms. The molecule has 0 aromatic heterocycles. The lowest BCUT2D eigenvalue weighted by molar-refractivity contribution is 0.474. The lowest BCUT2D eigenvalue weighted by Crippen LogP contribution is -1.88. The van der Waals surface area contributed by atoms with Crippen LogP contribution in [0.15, 0.2) is 48.5 Å². The molecule has 2 aromatic carbocycles. The first-order valence-electron chi connectivity index (χ1n) is 7.30. The van der Waals surface area contributed by atoms with Crippen LogP contribution in [-0.2, 0) is 12.8 Å². The van der Waals surface area contributed by atoms with Crippen molar-refractivity contribution in [3.8, 4) is 11.5 Å². The van der Waals surface area contributed by atoms with Crippen LogP contribution in [0.5, 0.6) is 11.5 Å². The third-order valence-corrected chi connectivity index (χ3v) is 3.53. The van der Waals surface area contributed by atoms with E-state index in [1.165, 1.54) is 36.8 Å². The van der Waals surface area contributed by atoms with Crippen LogP contribution in [0.4, 0.5) is 0 Å². The van der Waals surface area contributed by atoms with Crippen molar-refractivity contribution >= 4 is 0 Å². The molecule has 0 aliphatic carbocycles. The highest BCUT2D eigenvalue weighted by Gasteiger charge is 1.97. The van der Waals surface area contributed by atoms with Gasteiger partial charge in [-0.2, -0.15) is 0 Å². The monoisotopic (exact) mass is 270 g/mol. The number of aryl methyl sites for hydroxylation is 2. The molecule has 0 radical (unpaired) electrons. The predicted octanol–water partition coefficient (Wildman–Crippen LogP) is 4.44. The van der Waals surface area contributed by atoms with Gasteiger partial charge in [-0.3, -0.25) is 0 Å². The standard InChI is InChI=1S/C18H22O2/c19-17-12-10-15(11-13-17)6-3-1-2-4-7-16-8-5-9-18(20)14-16/h5,8-14,19-20H,1-4,6-7H2. The van der Waals surface area contributed by atoms with Crippen molar-refractivity contribution in [2.24, 2.45) is 0 Å². The zero-order valence-corrected chi connectivity index (χ0v) is 11.8. The predicted molar refractivity (Wildman–Crippen MR) is 82.1 cm³/mol. The summed E-state index contributed by atoms with van der Waals surface area (Å²) in [6.45, 7) is 0. The van der Waals surface area contributed by atoms with E-state index in [1.54, 1.807) is 18.2 Å². The summed E-state index contributed by atoms with van der Waals surface area (Å²) in [6, 6.07) is 15.0. The molecular formula is C18H22O2. The molecule has 106 valence electrons. The Labute approximate surface area is 120 Å². The Morgan fingerprint density at radius 2 is 1.25 bits per heavy atom. The second kappa shape index (κ2) is 7.59. The molecule has 2 rings (SSSR count). The molecule has 0 saturated heterocycles. The van der Waals surface area contributed by atoms with Crippen LogP contribution in [0.3, 0.4) is 0 Å². The number of phenolic OH excluding ortho intramolecular Hbond substituents is 2. The maximum absolute atomic E-state index is 9.38. The molecule has 2 N–H and O–H groups in total. The van der Waals surface area contributed by atoms with Crippen molar-refractivity contribution in [3.05, 3.63) is 59.7 Å². The molecule has 0 atom stereocenters. The molecule has 0 bridgehead atoms. The molecule has 2 heteroatoms. The van der Waals surface area contributed by atoms with Gasteiger partial charge in [0.25, 0.3) is 0 Å². The van der Waals surface area contributed by atoms with Gasteiger partial charge >= 0.3 is 0 Å². The topological polar surface area (TPSA) is 40.5 Å². The lowest BCUT2D eigenvalue weighted by Gasteiger charge is -2.04. The maximum Gasteiger partial charge on any atom is 0.115 e. The van der Waals surface area contributed by atoms with Gasteiger partial charge < -0.3 is 10.2 Å². The van der Waals surface area contributed by atoms with E-state index in [9.17, 15) is 10.2 Å². The molecule has 0 spiro atoms. The van der Waals surface area contributed by atoms with E-state index in [2.05, 4.69) is 6.07 Å². The summed E-state index contributed by atoms with van der Waals surface area (Å²) in [5.74, 6) is 0.690. The summed E-state index contributed by atoms with van der Waals surface area (Å²) in [5, 5.41) is 18.6. The molecule has 0 unspecified atom stereocenters. The van der Waals surface area contributed by atoms with Gasteiger partial charge in [-0.05, 0) is 61.1 Å². The molecule has 0 heterocycles. The first kappa shape index (κ1) is 14.4. The van der Waals surface area contributed by atoms with Gasteiger partial charge in [-0.1, -0.05) is 37.1 Å². The van der Waals surface area contributed by atoms with E-state index in [4.69, 9.17) is 0 Å². The van der Waals surface area contributed by atoms with Crippen molar-refractivity contribution in [3.63, 3.8) is 0 Å². The second-order valence-corrected chi connectivity index (χ2v) is 5.25. The van der Waals surface area contributed by atoms with Crippen LogP contribution in [-0.4, -0.2) is 10.2 Å². The van der Waals surface area contributed by atoms with Crippen molar-refractivity contribution in [1.82, 2.24) is 0 Å². The van der Waals surface area contributed by atoms with E-state index in [-0.39, 0.29) is 0 Å². The van der Waals surface area contributed by atoms with E-state index in [0.29, 0.717) is 11.5 Å². The molecular weight excluding hydrogens is 248 g/mol. The molecule has 0 saturated carbocycles. The average Bonchev–Trinajstić information content (AvgIpc) is 2.45. The fourth-order valence-corrected chi connectivity index (χ4v) is 2.39. The lowest BCUT2D eigenvalue weighted by atomic mass is 10.0. The first-order chi connectivity index (χ1) is 9.74. The summed E-state index contributed by atoms with van der Waals surface area (Å²) in [4.78, 5) is 0. The number of unbranched alkanes of at least 4 members (excludes halogenated alkanes) is 3. The maximum atomic E-state index is 9.38. The van der Waals surface area contributed by atoms with E-state index in [0.717, 1.165) is 12.8 Å². The Morgan fingerprint density at radius 1 is 0.600 bits per heavy atom. The van der Waals surface area contributed by atoms with Crippen LogP contribution in [0, 0.1) is 0 Å². The summed E-state index contributed by atoms with van der Waals surface area (Å²) < 4.78 is 0. The minimum absolute atomic E-state index is 0.333. The van der Waals surface area contributed by atoms with Crippen LogP contribution >= 0.6 is 0 Å². The number of phenols is 2. The third kappa shape index (κ3) is 4.96. The fourth-order valence-electron chi connectivity index (χ4n) is 2.39. The van der Waals surface area contributed by atoms with E-state index >= 15 is 0 Å². The SMILES string of the molecule is Oc1ccc(CCCCCCc2cccc(O)c2)cc1. The van der Waals surface area contributed by atoms with Gasteiger partial charge in [0.05, 0.1) is 0 Å². The zero-order chi connectivity index (χ0) is 14.2. The minimum Gasteiger partial charge on any atom is -0.508 e. The molecule has 0 amide bonds. The van der Waals surface area contributed by atoms with Gasteiger partial charge in [-0.25, -0.2) is 0 Å². The normalized spacial score (nSPS) is 10.6. The molecule has 0 aliphatic rings. The minimum atomic E-state index is 0.333. The number of rotatable bonds is 7. The Bertz CT molecular complexity index is 517. The quantitative estimate of drug-likeness (QED) is 0.730. The summed E-state index contributed by atoms with van der Waals surface area (Å²) in [7, 11) is 0. The Hall–Kier alpha value is -1.96. The van der Waals surface area contributed by atoms with Crippen LogP contribution in [0.25, 0.3) is 0 Å². The first-order valence-corrected chi connectivity index (χ1v) is 7.30. The number of hydrogen-bond acceptors (Lipinski definition) is 2. The van der Waals surface area contributed by atoms with Gasteiger partial charge in [0.2, 0.25) is 0 Å². The number of hydrogen-bond donors (Lipinski definition) is 2. The van der Waals surface area contributed by atoms with Crippen LogP contribution < -0.4 is 0 Å². The molecule has 2 aromatic rings. The summed E-state index contributed by atoms with van der Waals surface area (Å²) in [5.41, 5.74) is 2.50. The van der Waals surface area contributed by atoms with Crippen LogP contribution in [0.1, 0.15) is 36.8 Å². The Kier molecular flexibility index (Phi) is 5.48. The van der Waals surface area contributed by atoms with Crippen molar-refractivity contribution in [2.45, 2.75) is 38.5 Å². The largest absolute Gasteiger partial charge is 0.508 e. The van der Waals surface area contributed by atoms with Crippen molar-refractivity contribution in [2.75, 3.05) is 0 Å². The highest BCUT2D eigenvalue weighted by molar-refractivity contribution is 5.27. The summed E-state index contributed by atoms with van der Waals surface area (Å²) >= 11 is 0. The molecule has 0 aliphatic heterocycles. The second-order valence-electron chi connectivity index (χ2n) is 5.25. The fraction of sp³-hybridized carbons (Fsp3) is 0.333. The summed E-state index contributed by atoms with van der Waals surface area (Å²) in [6.07, 6.45) is 6.90. The Balaban J connectivity index is 1.59. The highest BCUT2D eigenvalue weighted by atomic mass is 16.3. The van der Waals surface area contributed by atoms with Gasteiger partial charge in [0, 0.05) is 0 Å². The van der Waals surface area contributed by atoms with Crippen molar-refractivity contribution in [1.29, 1.82) is 0 Å². The highest BCUT2D eigenvalue weighted by Crippen LogP contribution is 2.15.